The monoisotopic (exact) mass is 327 g/mol. The molecular weight excluding hydrogens is 309 g/mol. The fraction of sp³-hybridized carbons (Fsp3) is 0.158. The van der Waals surface area contributed by atoms with Gasteiger partial charge in [0, 0.05) is 6.08 Å². The number of amides is 1. The number of rotatable bonds is 4. The fourth-order valence-electron chi connectivity index (χ4n) is 2.50. The highest BCUT2D eigenvalue weighted by atomic mass is 19.1. The van der Waals surface area contributed by atoms with Crippen LogP contribution < -0.4 is 5.32 Å². The minimum atomic E-state index is -1.31. The molecule has 1 amide bonds. The van der Waals surface area contributed by atoms with Gasteiger partial charge in [0.15, 0.2) is 0 Å². The van der Waals surface area contributed by atoms with E-state index in [1.165, 1.54) is 12.1 Å². The van der Waals surface area contributed by atoms with Crippen molar-refractivity contribution < 1.29 is 19.1 Å². The van der Waals surface area contributed by atoms with Gasteiger partial charge in [-0.15, -0.1) is 0 Å². The molecule has 0 aliphatic carbocycles. The third-order valence-electron chi connectivity index (χ3n) is 3.62. The van der Waals surface area contributed by atoms with Crippen molar-refractivity contribution in [1.82, 2.24) is 0 Å². The minimum Gasteiger partial charge on any atom is -0.478 e. The summed E-state index contributed by atoms with van der Waals surface area (Å²) < 4.78 is 13.2. The predicted molar refractivity (Wildman–Crippen MR) is 91.6 cm³/mol. The standard InChI is InChI=1S/C19H18FNO3/c1-11-4-6-15(12(2)8-11)13(3)9-18(22)21-17-7-5-14(20)10-16(17)19(23)24/h4-10H,1-3H3,(H,21,22)(H,23,24)/b13-9-. The first-order valence-electron chi connectivity index (χ1n) is 7.37. The third-order valence-corrected chi connectivity index (χ3v) is 3.62. The lowest BCUT2D eigenvalue weighted by molar-refractivity contribution is -0.111. The molecule has 0 aromatic heterocycles. The molecule has 4 nitrogen and oxygen atoms in total. The third kappa shape index (κ3) is 4.07. The summed E-state index contributed by atoms with van der Waals surface area (Å²) in [5.41, 5.74) is 3.63. The summed E-state index contributed by atoms with van der Waals surface area (Å²) in [6, 6.07) is 9.12. The summed E-state index contributed by atoms with van der Waals surface area (Å²) in [7, 11) is 0. The molecule has 2 aromatic rings. The molecule has 0 saturated carbocycles. The SMILES string of the molecule is C/C(=C/C(=O)Nc1ccc(F)cc1C(=O)O)c1ccc(C)cc1C. The van der Waals surface area contributed by atoms with Crippen molar-refractivity contribution in [3.8, 4) is 0 Å². The van der Waals surface area contributed by atoms with Crippen LogP contribution in [0.5, 0.6) is 0 Å². The molecule has 0 aliphatic rings. The molecule has 124 valence electrons. The highest BCUT2D eigenvalue weighted by Crippen LogP contribution is 2.21. The lowest BCUT2D eigenvalue weighted by Gasteiger charge is -2.09. The van der Waals surface area contributed by atoms with E-state index >= 15 is 0 Å². The molecule has 0 fully saturated rings. The molecule has 24 heavy (non-hydrogen) atoms. The Bertz CT molecular complexity index is 841. The molecule has 0 saturated heterocycles. The molecular formula is C19H18FNO3. The zero-order valence-electron chi connectivity index (χ0n) is 13.7. The zero-order chi connectivity index (χ0) is 17.9. The zero-order valence-corrected chi connectivity index (χ0v) is 13.7. The van der Waals surface area contributed by atoms with Gasteiger partial charge in [-0.2, -0.15) is 0 Å². The molecule has 0 unspecified atom stereocenters. The van der Waals surface area contributed by atoms with Crippen LogP contribution in [0.2, 0.25) is 0 Å². The summed E-state index contributed by atoms with van der Waals surface area (Å²) in [5, 5.41) is 11.6. The number of halogens is 1. The number of aryl methyl sites for hydroxylation is 2. The highest BCUT2D eigenvalue weighted by Gasteiger charge is 2.13. The number of hydrogen-bond acceptors (Lipinski definition) is 2. The van der Waals surface area contributed by atoms with Crippen molar-refractivity contribution in [2.24, 2.45) is 0 Å². The second-order valence-corrected chi connectivity index (χ2v) is 5.63. The van der Waals surface area contributed by atoms with Gasteiger partial charge in [-0.3, -0.25) is 4.79 Å². The van der Waals surface area contributed by atoms with Crippen molar-refractivity contribution in [1.29, 1.82) is 0 Å². The van der Waals surface area contributed by atoms with Crippen LogP contribution in [-0.4, -0.2) is 17.0 Å². The number of nitrogens with one attached hydrogen (secondary N) is 1. The van der Waals surface area contributed by atoms with Crippen LogP contribution in [0.15, 0.2) is 42.5 Å². The Hall–Kier alpha value is -2.95. The van der Waals surface area contributed by atoms with E-state index < -0.39 is 17.7 Å². The number of carboxylic acids is 1. The molecule has 2 rings (SSSR count). The van der Waals surface area contributed by atoms with Gasteiger partial charge < -0.3 is 10.4 Å². The molecule has 0 heterocycles. The Labute approximate surface area is 139 Å². The summed E-state index contributed by atoms with van der Waals surface area (Å²) >= 11 is 0. The molecule has 2 aromatic carbocycles. The maximum Gasteiger partial charge on any atom is 0.337 e. The van der Waals surface area contributed by atoms with Gasteiger partial charge in [0.25, 0.3) is 0 Å². The largest absolute Gasteiger partial charge is 0.478 e. The van der Waals surface area contributed by atoms with Gasteiger partial charge in [0.05, 0.1) is 11.3 Å². The Balaban J connectivity index is 2.26. The fourth-order valence-corrected chi connectivity index (χ4v) is 2.50. The molecule has 0 aliphatic heterocycles. The molecule has 2 N–H and O–H groups in total. The minimum absolute atomic E-state index is 0.0542. The maximum atomic E-state index is 13.2. The number of anilines is 1. The molecule has 0 spiro atoms. The summed E-state index contributed by atoms with van der Waals surface area (Å²) in [4.78, 5) is 23.3. The van der Waals surface area contributed by atoms with Crippen LogP contribution in [-0.2, 0) is 4.79 Å². The second-order valence-electron chi connectivity index (χ2n) is 5.63. The van der Waals surface area contributed by atoms with E-state index in [0.29, 0.717) is 0 Å². The van der Waals surface area contributed by atoms with E-state index in [2.05, 4.69) is 5.32 Å². The van der Waals surface area contributed by atoms with Crippen LogP contribution in [0, 0.1) is 19.7 Å². The summed E-state index contributed by atoms with van der Waals surface area (Å²) in [6.45, 7) is 5.75. The quantitative estimate of drug-likeness (QED) is 0.828. The van der Waals surface area contributed by atoms with Gasteiger partial charge in [-0.1, -0.05) is 23.8 Å². The van der Waals surface area contributed by atoms with Crippen LogP contribution in [0.25, 0.3) is 5.57 Å². The molecule has 5 heteroatoms. The van der Waals surface area contributed by atoms with E-state index in [1.807, 2.05) is 32.0 Å². The number of hydrogen-bond donors (Lipinski definition) is 2. The van der Waals surface area contributed by atoms with Gasteiger partial charge in [-0.05, 0) is 55.7 Å². The van der Waals surface area contributed by atoms with E-state index in [9.17, 15) is 14.0 Å². The van der Waals surface area contributed by atoms with Gasteiger partial charge in [0.1, 0.15) is 5.82 Å². The Morgan fingerprint density at radius 3 is 2.42 bits per heavy atom. The van der Waals surface area contributed by atoms with Crippen molar-refractivity contribution in [2.75, 3.05) is 5.32 Å². The molecule has 0 radical (unpaired) electrons. The average Bonchev–Trinajstić information content (AvgIpc) is 2.48. The van der Waals surface area contributed by atoms with Crippen LogP contribution in [0.3, 0.4) is 0 Å². The Morgan fingerprint density at radius 2 is 1.79 bits per heavy atom. The van der Waals surface area contributed by atoms with Gasteiger partial charge in [-0.25, -0.2) is 9.18 Å². The van der Waals surface area contributed by atoms with E-state index in [-0.39, 0.29) is 11.3 Å². The number of carboxylic acid groups (broad SMARTS) is 1. The number of carbonyl (C=O) groups excluding carboxylic acids is 1. The van der Waals surface area contributed by atoms with Crippen LogP contribution in [0.1, 0.15) is 34.0 Å². The number of allylic oxidation sites excluding steroid dienone is 1. The first-order chi connectivity index (χ1) is 11.3. The van der Waals surface area contributed by atoms with E-state index in [4.69, 9.17) is 5.11 Å². The average molecular weight is 327 g/mol. The maximum absolute atomic E-state index is 13.2. The summed E-state index contributed by atoms with van der Waals surface area (Å²) in [6.07, 6.45) is 1.40. The first kappa shape index (κ1) is 17.4. The van der Waals surface area contributed by atoms with Gasteiger partial charge >= 0.3 is 5.97 Å². The highest BCUT2D eigenvalue weighted by molar-refractivity contribution is 6.07. The van der Waals surface area contributed by atoms with Crippen molar-refractivity contribution in [2.45, 2.75) is 20.8 Å². The lowest BCUT2D eigenvalue weighted by atomic mass is 9.99. The predicted octanol–water partition coefficient (Wildman–Crippen LogP) is 4.18. The molecule has 0 bridgehead atoms. The van der Waals surface area contributed by atoms with E-state index in [1.54, 1.807) is 6.92 Å². The lowest BCUT2D eigenvalue weighted by Crippen LogP contribution is -2.13. The number of benzene rings is 2. The van der Waals surface area contributed by atoms with Crippen molar-refractivity contribution in [3.63, 3.8) is 0 Å². The Kier molecular flexibility index (Phi) is 5.14. The first-order valence-corrected chi connectivity index (χ1v) is 7.37. The number of carbonyl (C=O) groups is 2. The van der Waals surface area contributed by atoms with Crippen molar-refractivity contribution >= 4 is 23.1 Å². The second kappa shape index (κ2) is 7.08. The van der Waals surface area contributed by atoms with Gasteiger partial charge in [0.2, 0.25) is 5.91 Å². The smallest absolute Gasteiger partial charge is 0.337 e. The summed E-state index contributed by atoms with van der Waals surface area (Å²) in [5.74, 6) is -2.45. The normalized spacial score (nSPS) is 11.2. The van der Waals surface area contributed by atoms with Crippen LogP contribution in [0.4, 0.5) is 10.1 Å². The molecule has 0 atom stereocenters. The van der Waals surface area contributed by atoms with Crippen molar-refractivity contribution in [3.05, 3.63) is 70.5 Å². The van der Waals surface area contributed by atoms with Crippen LogP contribution >= 0.6 is 0 Å². The number of aromatic carboxylic acids is 1. The Morgan fingerprint density at radius 1 is 1.08 bits per heavy atom. The topological polar surface area (TPSA) is 66.4 Å². The van der Waals surface area contributed by atoms with E-state index in [0.717, 1.165) is 34.4 Å².